The molecule has 3 aromatic rings. The third kappa shape index (κ3) is 2.49. The zero-order valence-corrected chi connectivity index (χ0v) is 11.0. The molecule has 3 heterocycles. The highest BCUT2D eigenvalue weighted by atomic mass is 15.3. The lowest BCUT2D eigenvalue weighted by Gasteiger charge is -2.16. The van der Waals surface area contributed by atoms with Gasteiger partial charge in [-0.2, -0.15) is 5.10 Å². The molecule has 0 aliphatic heterocycles. The van der Waals surface area contributed by atoms with Crippen LogP contribution in [0.4, 0.5) is 5.69 Å². The Morgan fingerprint density at radius 1 is 1.10 bits per heavy atom. The fraction of sp³-hybridized carbons (Fsp3) is 0.143. The Hall–Kier alpha value is -2.76. The van der Waals surface area contributed by atoms with E-state index in [2.05, 4.69) is 25.4 Å². The van der Waals surface area contributed by atoms with Crippen molar-refractivity contribution in [2.24, 2.45) is 0 Å². The lowest BCUT2D eigenvalue weighted by atomic mass is 10.2. The summed E-state index contributed by atoms with van der Waals surface area (Å²) in [6.07, 6.45) is 10.4. The van der Waals surface area contributed by atoms with Crippen molar-refractivity contribution >= 4 is 5.69 Å². The Morgan fingerprint density at radius 2 is 2.05 bits per heavy atom. The van der Waals surface area contributed by atoms with Gasteiger partial charge in [0.15, 0.2) is 5.82 Å². The molecule has 6 nitrogen and oxygen atoms in total. The molecule has 100 valence electrons. The van der Waals surface area contributed by atoms with E-state index in [1.807, 2.05) is 31.3 Å². The van der Waals surface area contributed by atoms with Crippen molar-refractivity contribution in [1.29, 1.82) is 0 Å². The number of aromatic nitrogens is 5. The summed E-state index contributed by atoms with van der Waals surface area (Å²) in [5.41, 5.74) is 1.78. The Bertz CT molecular complexity index is 665. The average molecular weight is 266 g/mol. The van der Waals surface area contributed by atoms with Crippen molar-refractivity contribution in [3.63, 3.8) is 0 Å². The highest BCUT2D eigenvalue weighted by Gasteiger charge is 2.11. The zero-order chi connectivity index (χ0) is 13.8. The van der Waals surface area contributed by atoms with Crippen molar-refractivity contribution in [2.45, 2.75) is 13.0 Å². The monoisotopic (exact) mass is 266 g/mol. The van der Waals surface area contributed by atoms with Crippen LogP contribution in [0.1, 0.15) is 18.7 Å². The highest BCUT2D eigenvalue weighted by Crippen LogP contribution is 2.21. The fourth-order valence-electron chi connectivity index (χ4n) is 1.93. The Balaban J connectivity index is 1.88. The normalized spacial score (nSPS) is 12.1. The zero-order valence-electron chi connectivity index (χ0n) is 11.0. The van der Waals surface area contributed by atoms with E-state index >= 15 is 0 Å². The summed E-state index contributed by atoms with van der Waals surface area (Å²) in [5, 5.41) is 7.60. The maximum atomic E-state index is 4.37. The van der Waals surface area contributed by atoms with Gasteiger partial charge in [0.05, 0.1) is 23.6 Å². The Kier molecular flexibility index (Phi) is 3.36. The summed E-state index contributed by atoms with van der Waals surface area (Å²) in [4.78, 5) is 12.8. The number of nitrogens with zero attached hydrogens (tertiary/aromatic N) is 5. The molecule has 0 saturated heterocycles. The largest absolute Gasteiger partial charge is 0.374 e. The molecule has 0 bridgehead atoms. The molecule has 1 N–H and O–H groups in total. The number of hydrogen-bond acceptors (Lipinski definition) is 5. The second kappa shape index (κ2) is 5.48. The molecule has 6 heteroatoms. The molecule has 0 fully saturated rings. The number of pyridine rings is 1. The van der Waals surface area contributed by atoms with Crippen molar-refractivity contribution in [3.05, 3.63) is 61.1 Å². The number of nitrogens with one attached hydrogen (secondary N) is 1. The molecule has 0 spiro atoms. The van der Waals surface area contributed by atoms with Gasteiger partial charge >= 0.3 is 0 Å². The average Bonchev–Trinajstić information content (AvgIpc) is 3.03. The minimum absolute atomic E-state index is 0.0298. The van der Waals surface area contributed by atoms with Crippen LogP contribution in [0.3, 0.4) is 0 Å². The van der Waals surface area contributed by atoms with Crippen molar-refractivity contribution < 1.29 is 0 Å². The first-order valence-electron chi connectivity index (χ1n) is 6.32. The molecular weight excluding hydrogens is 252 g/mol. The molecule has 3 rings (SSSR count). The smallest absolute Gasteiger partial charge is 0.176 e. The first-order valence-corrected chi connectivity index (χ1v) is 6.32. The first kappa shape index (κ1) is 12.3. The molecule has 1 unspecified atom stereocenters. The van der Waals surface area contributed by atoms with Gasteiger partial charge in [-0.25, -0.2) is 9.67 Å². The second-order valence-electron chi connectivity index (χ2n) is 4.32. The van der Waals surface area contributed by atoms with Crippen LogP contribution >= 0.6 is 0 Å². The van der Waals surface area contributed by atoms with Gasteiger partial charge in [0, 0.05) is 31.0 Å². The SMILES string of the molecule is CC(Nc1cccnc1-n1cccn1)c1cnccn1. The van der Waals surface area contributed by atoms with E-state index in [0.717, 1.165) is 17.2 Å². The number of anilines is 1. The molecule has 3 aromatic heterocycles. The van der Waals surface area contributed by atoms with Crippen LogP contribution in [0.15, 0.2) is 55.4 Å². The van der Waals surface area contributed by atoms with Crippen molar-refractivity contribution in [2.75, 3.05) is 5.32 Å². The standard InChI is InChI=1S/C14H14N6/c1-11(13-10-15-7-8-16-13)19-12-4-2-5-17-14(12)20-9-3-6-18-20/h2-11,19H,1H3. The van der Waals surface area contributed by atoms with Crippen LogP contribution in [-0.4, -0.2) is 24.7 Å². The van der Waals surface area contributed by atoms with Crippen molar-refractivity contribution in [3.8, 4) is 5.82 Å². The molecule has 0 saturated carbocycles. The van der Waals surface area contributed by atoms with E-state index in [4.69, 9.17) is 0 Å². The minimum Gasteiger partial charge on any atom is -0.374 e. The molecular formula is C14H14N6. The topological polar surface area (TPSA) is 68.5 Å². The quantitative estimate of drug-likeness (QED) is 0.784. The highest BCUT2D eigenvalue weighted by molar-refractivity contribution is 5.57. The predicted molar refractivity (Wildman–Crippen MR) is 75.4 cm³/mol. The summed E-state index contributed by atoms with van der Waals surface area (Å²) >= 11 is 0. The molecule has 0 aliphatic rings. The van der Waals surface area contributed by atoms with Gasteiger partial charge in [-0.1, -0.05) is 0 Å². The van der Waals surface area contributed by atoms with Crippen LogP contribution in [0, 0.1) is 0 Å². The van der Waals surface area contributed by atoms with Gasteiger partial charge in [0.1, 0.15) is 0 Å². The lowest BCUT2D eigenvalue weighted by molar-refractivity contribution is 0.807. The van der Waals surface area contributed by atoms with E-state index in [0.29, 0.717) is 0 Å². The number of rotatable bonds is 4. The summed E-state index contributed by atoms with van der Waals surface area (Å²) in [7, 11) is 0. The molecule has 0 radical (unpaired) electrons. The van der Waals surface area contributed by atoms with Gasteiger partial charge in [0.2, 0.25) is 0 Å². The Morgan fingerprint density at radius 3 is 2.80 bits per heavy atom. The van der Waals surface area contributed by atoms with E-state index in [-0.39, 0.29) is 6.04 Å². The fourth-order valence-corrected chi connectivity index (χ4v) is 1.93. The maximum Gasteiger partial charge on any atom is 0.176 e. The van der Waals surface area contributed by atoms with E-state index in [1.165, 1.54) is 0 Å². The van der Waals surface area contributed by atoms with Gasteiger partial charge in [-0.15, -0.1) is 0 Å². The van der Waals surface area contributed by atoms with E-state index in [9.17, 15) is 0 Å². The third-order valence-corrected chi connectivity index (χ3v) is 2.91. The van der Waals surface area contributed by atoms with E-state index < -0.39 is 0 Å². The first-order chi connectivity index (χ1) is 9.84. The third-order valence-electron chi connectivity index (χ3n) is 2.91. The summed E-state index contributed by atoms with van der Waals surface area (Å²) in [5.74, 6) is 0.758. The molecule has 0 aromatic carbocycles. The molecule has 0 amide bonds. The lowest BCUT2D eigenvalue weighted by Crippen LogP contribution is -2.12. The summed E-state index contributed by atoms with van der Waals surface area (Å²) in [6.45, 7) is 2.03. The summed E-state index contributed by atoms with van der Waals surface area (Å²) < 4.78 is 1.73. The van der Waals surface area contributed by atoms with Crippen molar-refractivity contribution in [1.82, 2.24) is 24.7 Å². The van der Waals surface area contributed by atoms with Crippen LogP contribution < -0.4 is 5.32 Å². The van der Waals surface area contributed by atoms with E-state index in [1.54, 1.807) is 35.7 Å². The molecule has 1 atom stereocenters. The van der Waals surface area contributed by atoms with Gasteiger partial charge in [-0.3, -0.25) is 9.97 Å². The van der Waals surface area contributed by atoms with Crippen LogP contribution in [0.5, 0.6) is 0 Å². The minimum atomic E-state index is 0.0298. The molecule has 20 heavy (non-hydrogen) atoms. The Labute approximate surface area is 116 Å². The maximum absolute atomic E-state index is 4.37. The number of hydrogen-bond donors (Lipinski definition) is 1. The van der Waals surface area contributed by atoms with Gasteiger partial charge < -0.3 is 5.32 Å². The molecule has 0 aliphatic carbocycles. The van der Waals surface area contributed by atoms with Crippen LogP contribution in [0.25, 0.3) is 5.82 Å². The van der Waals surface area contributed by atoms with Gasteiger partial charge in [-0.05, 0) is 25.1 Å². The van der Waals surface area contributed by atoms with Crippen LogP contribution in [-0.2, 0) is 0 Å². The summed E-state index contributed by atoms with van der Waals surface area (Å²) in [6, 6.07) is 5.75. The van der Waals surface area contributed by atoms with Crippen LogP contribution in [0.2, 0.25) is 0 Å². The predicted octanol–water partition coefficient (Wildman–Crippen LogP) is 2.23. The second-order valence-corrected chi connectivity index (χ2v) is 4.32. The van der Waals surface area contributed by atoms with Gasteiger partial charge in [0.25, 0.3) is 0 Å².